The molecule has 0 spiro atoms. The largest absolute Gasteiger partial charge is 0.573 e. The summed E-state index contributed by atoms with van der Waals surface area (Å²) in [7, 11) is 0. The van der Waals surface area contributed by atoms with Crippen molar-refractivity contribution in [3.05, 3.63) is 59.9 Å². The highest BCUT2D eigenvalue weighted by Crippen LogP contribution is 2.26. The van der Waals surface area contributed by atoms with Gasteiger partial charge in [0, 0.05) is 17.8 Å². The van der Waals surface area contributed by atoms with Crippen LogP contribution in [0, 0.1) is 5.82 Å². The molecule has 0 saturated carbocycles. The van der Waals surface area contributed by atoms with E-state index in [0.717, 1.165) is 6.07 Å². The van der Waals surface area contributed by atoms with Gasteiger partial charge in [-0.1, -0.05) is 18.2 Å². The summed E-state index contributed by atoms with van der Waals surface area (Å²) < 4.78 is 53.5. The molecule has 2 amide bonds. The Bertz CT molecular complexity index is 672. The third kappa shape index (κ3) is 5.50. The summed E-state index contributed by atoms with van der Waals surface area (Å²) in [5, 5.41) is 4.82. The molecule has 2 rings (SSSR count). The first-order valence-electron chi connectivity index (χ1n) is 6.47. The zero-order valence-electron chi connectivity index (χ0n) is 11.7. The molecule has 0 aliphatic rings. The Balaban J connectivity index is 1.95. The SMILES string of the molecule is O=C(NCc1ccccc1OC(F)(F)F)Nc1ccc(F)cc1. The predicted molar refractivity (Wildman–Crippen MR) is 75.4 cm³/mol. The number of rotatable bonds is 4. The number of carbonyl (C=O) groups excluding carboxylic acids is 1. The second-order valence-electron chi connectivity index (χ2n) is 4.47. The van der Waals surface area contributed by atoms with Crippen LogP contribution in [-0.2, 0) is 6.54 Å². The van der Waals surface area contributed by atoms with E-state index in [4.69, 9.17) is 0 Å². The first-order valence-corrected chi connectivity index (χ1v) is 6.47. The standard InChI is InChI=1S/C15H12F4N2O2/c16-11-5-7-12(8-6-11)21-14(22)20-9-10-3-1-2-4-13(10)23-15(17,18)19/h1-8H,9H2,(H2,20,21,22). The van der Waals surface area contributed by atoms with Gasteiger partial charge in [0.15, 0.2) is 0 Å². The van der Waals surface area contributed by atoms with Crippen LogP contribution in [0.3, 0.4) is 0 Å². The van der Waals surface area contributed by atoms with Crippen molar-refractivity contribution in [1.29, 1.82) is 0 Å². The van der Waals surface area contributed by atoms with E-state index >= 15 is 0 Å². The lowest BCUT2D eigenvalue weighted by molar-refractivity contribution is -0.274. The summed E-state index contributed by atoms with van der Waals surface area (Å²) in [5.41, 5.74) is 0.516. The number of para-hydroxylation sites is 1. The number of hydrogen-bond donors (Lipinski definition) is 2. The molecule has 2 aromatic carbocycles. The van der Waals surface area contributed by atoms with Crippen molar-refractivity contribution in [3.8, 4) is 5.75 Å². The number of nitrogens with one attached hydrogen (secondary N) is 2. The van der Waals surface area contributed by atoms with Gasteiger partial charge in [0.25, 0.3) is 0 Å². The molecule has 122 valence electrons. The average molecular weight is 328 g/mol. The molecule has 0 bridgehead atoms. The van der Waals surface area contributed by atoms with Crippen molar-refractivity contribution < 1.29 is 27.1 Å². The third-order valence-electron chi connectivity index (χ3n) is 2.74. The molecule has 0 aliphatic heterocycles. The van der Waals surface area contributed by atoms with Gasteiger partial charge in [-0.2, -0.15) is 0 Å². The molecule has 23 heavy (non-hydrogen) atoms. The van der Waals surface area contributed by atoms with E-state index in [1.54, 1.807) is 0 Å². The Hall–Kier alpha value is -2.77. The normalized spacial score (nSPS) is 11.0. The van der Waals surface area contributed by atoms with E-state index in [0.29, 0.717) is 5.69 Å². The second kappa shape index (κ2) is 6.99. The van der Waals surface area contributed by atoms with Crippen LogP contribution >= 0.6 is 0 Å². The summed E-state index contributed by atoms with van der Waals surface area (Å²) in [6, 6.07) is 9.89. The number of amides is 2. The Labute approximate surface area is 129 Å². The highest BCUT2D eigenvalue weighted by atomic mass is 19.4. The zero-order valence-corrected chi connectivity index (χ0v) is 11.7. The zero-order chi connectivity index (χ0) is 16.9. The van der Waals surface area contributed by atoms with Gasteiger partial charge in [0.1, 0.15) is 11.6 Å². The van der Waals surface area contributed by atoms with Gasteiger partial charge in [-0.05, 0) is 30.3 Å². The fourth-order valence-electron chi connectivity index (χ4n) is 1.76. The van der Waals surface area contributed by atoms with Crippen LogP contribution in [0.1, 0.15) is 5.56 Å². The summed E-state index contributed by atoms with van der Waals surface area (Å²) in [6.45, 7) is -0.167. The summed E-state index contributed by atoms with van der Waals surface area (Å²) in [4.78, 5) is 11.7. The van der Waals surface area contributed by atoms with Crippen molar-refractivity contribution in [2.24, 2.45) is 0 Å². The lowest BCUT2D eigenvalue weighted by atomic mass is 10.2. The molecule has 0 atom stereocenters. The maximum Gasteiger partial charge on any atom is 0.573 e. The van der Waals surface area contributed by atoms with Gasteiger partial charge in [-0.3, -0.25) is 0 Å². The van der Waals surface area contributed by atoms with E-state index in [9.17, 15) is 22.4 Å². The van der Waals surface area contributed by atoms with E-state index < -0.39 is 18.2 Å². The molecule has 0 saturated heterocycles. The fraction of sp³-hybridized carbons (Fsp3) is 0.133. The Morgan fingerprint density at radius 3 is 2.35 bits per heavy atom. The molecule has 0 aliphatic carbocycles. The van der Waals surface area contributed by atoms with Gasteiger partial charge in [-0.15, -0.1) is 13.2 Å². The Morgan fingerprint density at radius 1 is 1.04 bits per heavy atom. The van der Waals surface area contributed by atoms with Crippen LogP contribution in [0.15, 0.2) is 48.5 Å². The number of carbonyl (C=O) groups is 1. The van der Waals surface area contributed by atoms with Crippen molar-refractivity contribution >= 4 is 11.7 Å². The van der Waals surface area contributed by atoms with Crippen LogP contribution < -0.4 is 15.4 Å². The van der Waals surface area contributed by atoms with Gasteiger partial charge >= 0.3 is 12.4 Å². The van der Waals surface area contributed by atoms with E-state index in [-0.39, 0.29) is 17.9 Å². The minimum atomic E-state index is -4.81. The topological polar surface area (TPSA) is 50.4 Å². The monoisotopic (exact) mass is 328 g/mol. The number of ether oxygens (including phenoxy) is 1. The Kier molecular flexibility index (Phi) is 5.05. The quantitative estimate of drug-likeness (QED) is 0.832. The number of halogens is 4. The molecule has 0 aromatic heterocycles. The van der Waals surface area contributed by atoms with Crippen LogP contribution in [-0.4, -0.2) is 12.4 Å². The first kappa shape index (κ1) is 16.6. The van der Waals surface area contributed by atoms with Crippen LogP contribution in [0.2, 0.25) is 0 Å². The third-order valence-corrected chi connectivity index (χ3v) is 2.74. The molecule has 0 radical (unpaired) electrons. The van der Waals surface area contributed by atoms with Gasteiger partial charge in [0.05, 0.1) is 0 Å². The van der Waals surface area contributed by atoms with Crippen molar-refractivity contribution in [2.45, 2.75) is 12.9 Å². The van der Waals surface area contributed by atoms with Gasteiger partial charge in [0.2, 0.25) is 0 Å². The molecule has 4 nitrogen and oxygen atoms in total. The number of urea groups is 1. The highest BCUT2D eigenvalue weighted by Gasteiger charge is 2.31. The summed E-state index contributed by atoms with van der Waals surface area (Å²) >= 11 is 0. The lowest BCUT2D eigenvalue weighted by Gasteiger charge is -2.14. The van der Waals surface area contributed by atoms with Crippen molar-refractivity contribution in [1.82, 2.24) is 5.32 Å². The molecular formula is C15H12F4N2O2. The second-order valence-corrected chi connectivity index (χ2v) is 4.47. The van der Waals surface area contributed by atoms with Crippen molar-refractivity contribution in [2.75, 3.05) is 5.32 Å². The highest BCUT2D eigenvalue weighted by molar-refractivity contribution is 5.89. The van der Waals surface area contributed by atoms with Crippen molar-refractivity contribution in [3.63, 3.8) is 0 Å². The summed E-state index contributed by atoms with van der Waals surface area (Å²) in [6.07, 6.45) is -4.81. The van der Waals surface area contributed by atoms with Gasteiger partial charge in [-0.25, -0.2) is 9.18 Å². The number of alkyl halides is 3. The first-order chi connectivity index (χ1) is 10.8. The molecule has 8 heteroatoms. The number of anilines is 1. The Morgan fingerprint density at radius 2 is 1.70 bits per heavy atom. The predicted octanol–water partition coefficient (Wildman–Crippen LogP) is 4.05. The molecule has 2 N–H and O–H groups in total. The maximum absolute atomic E-state index is 12.7. The smallest absolute Gasteiger partial charge is 0.405 e. The van der Waals surface area contributed by atoms with E-state index in [1.165, 1.54) is 42.5 Å². The number of benzene rings is 2. The average Bonchev–Trinajstić information content (AvgIpc) is 2.47. The lowest BCUT2D eigenvalue weighted by Crippen LogP contribution is -2.28. The minimum Gasteiger partial charge on any atom is -0.405 e. The minimum absolute atomic E-state index is 0.166. The van der Waals surface area contributed by atoms with E-state index in [1.807, 2.05) is 0 Å². The van der Waals surface area contributed by atoms with E-state index in [2.05, 4.69) is 15.4 Å². The van der Waals surface area contributed by atoms with Crippen LogP contribution in [0.4, 0.5) is 28.0 Å². The molecule has 2 aromatic rings. The van der Waals surface area contributed by atoms with Crippen LogP contribution in [0.5, 0.6) is 5.75 Å². The van der Waals surface area contributed by atoms with Gasteiger partial charge < -0.3 is 15.4 Å². The maximum atomic E-state index is 12.7. The summed E-state index contributed by atoms with van der Waals surface area (Å²) in [5.74, 6) is -0.837. The molecule has 0 unspecified atom stereocenters. The fourth-order valence-corrected chi connectivity index (χ4v) is 1.76. The number of hydrogen-bond acceptors (Lipinski definition) is 2. The molecule has 0 heterocycles. The van der Waals surface area contributed by atoms with Crippen LogP contribution in [0.25, 0.3) is 0 Å². The molecule has 0 fully saturated rings. The molecular weight excluding hydrogens is 316 g/mol.